The molecule has 3 rings (SSSR count). The molecule has 0 saturated carbocycles. The Hall–Kier alpha value is -1.29. The van der Waals surface area contributed by atoms with E-state index in [4.69, 9.17) is 23.2 Å². The summed E-state index contributed by atoms with van der Waals surface area (Å²) in [7, 11) is 2.09. The number of benzene rings is 2. The van der Waals surface area contributed by atoms with Gasteiger partial charge in [-0.2, -0.15) is 0 Å². The quantitative estimate of drug-likeness (QED) is 0.455. The number of rotatable bonds is 2. The third-order valence-corrected chi connectivity index (χ3v) is 6.15. The van der Waals surface area contributed by atoms with Crippen LogP contribution in [-0.2, 0) is 0 Å². The van der Waals surface area contributed by atoms with Crippen molar-refractivity contribution in [2.45, 2.75) is 26.3 Å². The highest BCUT2D eigenvalue weighted by atomic mass is 79.9. The highest BCUT2D eigenvalue weighted by Gasteiger charge is 2.29. The number of anilines is 1. The van der Waals surface area contributed by atoms with Gasteiger partial charge in [-0.25, -0.2) is 0 Å². The Morgan fingerprint density at radius 2 is 1.84 bits per heavy atom. The van der Waals surface area contributed by atoms with Gasteiger partial charge in [0.2, 0.25) is 0 Å². The Morgan fingerprint density at radius 3 is 2.52 bits per heavy atom. The molecule has 130 valence electrons. The molecular formula is C20H19BrCl2N2. The summed E-state index contributed by atoms with van der Waals surface area (Å²) < 4.78 is 0.853. The van der Waals surface area contributed by atoms with Crippen LogP contribution in [0.25, 0.3) is 5.57 Å². The number of hydrogen-bond acceptors (Lipinski definition) is 2. The lowest BCUT2D eigenvalue weighted by Gasteiger charge is -2.40. The van der Waals surface area contributed by atoms with E-state index in [0.717, 1.165) is 21.4 Å². The zero-order valence-corrected chi connectivity index (χ0v) is 17.7. The van der Waals surface area contributed by atoms with Crippen LogP contribution in [0, 0.1) is 0 Å². The van der Waals surface area contributed by atoms with Gasteiger partial charge >= 0.3 is 0 Å². The van der Waals surface area contributed by atoms with E-state index in [1.807, 2.05) is 24.3 Å². The number of halogens is 3. The Morgan fingerprint density at radius 1 is 1.12 bits per heavy atom. The van der Waals surface area contributed by atoms with Crippen LogP contribution >= 0.6 is 39.1 Å². The first-order valence-corrected chi connectivity index (χ1v) is 9.50. The van der Waals surface area contributed by atoms with Crippen LogP contribution < -0.4 is 4.90 Å². The number of aliphatic imine (C=N–C) groups is 1. The number of allylic oxidation sites excluding steroid dienone is 1. The summed E-state index contributed by atoms with van der Waals surface area (Å²) in [5, 5.41) is 1.32. The fourth-order valence-electron chi connectivity index (χ4n) is 3.00. The molecule has 25 heavy (non-hydrogen) atoms. The Labute approximate surface area is 167 Å². The van der Waals surface area contributed by atoms with Crippen LogP contribution in [0.2, 0.25) is 10.0 Å². The second-order valence-corrected chi connectivity index (χ2v) is 8.46. The largest absolute Gasteiger partial charge is 0.365 e. The first-order chi connectivity index (χ1) is 11.7. The highest BCUT2D eigenvalue weighted by Crippen LogP contribution is 2.40. The fourth-order valence-corrected chi connectivity index (χ4v) is 3.62. The Bertz CT molecular complexity index is 901. The van der Waals surface area contributed by atoms with Crippen LogP contribution in [0.15, 0.2) is 45.9 Å². The molecule has 0 unspecified atom stereocenters. The molecule has 0 saturated heterocycles. The predicted octanol–water partition coefficient (Wildman–Crippen LogP) is 7.14. The molecule has 0 atom stereocenters. The van der Waals surface area contributed by atoms with Crippen molar-refractivity contribution < 1.29 is 0 Å². The van der Waals surface area contributed by atoms with Crippen molar-refractivity contribution in [3.05, 3.63) is 62.1 Å². The average molecular weight is 438 g/mol. The van der Waals surface area contributed by atoms with Gasteiger partial charge in [-0.05, 0) is 72.6 Å². The van der Waals surface area contributed by atoms with E-state index in [0.29, 0.717) is 10.0 Å². The predicted molar refractivity (Wildman–Crippen MR) is 114 cm³/mol. The molecule has 0 aromatic heterocycles. The van der Waals surface area contributed by atoms with Gasteiger partial charge in [0.25, 0.3) is 0 Å². The summed E-state index contributed by atoms with van der Waals surface area (Å²) in [6, 6.07) is 9.72. The third kappa shape index (κ3) is 3.64. The second-order valence-electron chi connectivity index (χ2n) is 6.79. The molecule has 1 aliphatic heterocycles. The van der Waals surface area contributed by atoms with E-state index >= 15 is 0 Å². The van der Waals surface area contributed by atoms with Crippen LogP contribution in [-0.4, -0.2) is 18.8 Å². The molecule has 0 N–H and O–H groups in total. The van der Waals surface area contributed by atoms with Crippen molar-refractivity contribution in [1.82, 2.24) is 0 Å². The minimum atomic E-state index is -0.0375. The standard InChI is InChI=1S/C20H19BrCl2N2/c1-12-10-20(2,3)25(4)19-9-17(22)13(7-15(12)19)11-24-14-5-6-16(21)18(23)8-14/h5-11H,1-4H3. The van der Waals surface area contributed by atoms with Crippen molar-refractivity contribution in [3.8, 4) is 0 Å². The maximum atomic E-state index is 6.52. The van der Waals surface area contributed by atoms with Crippen molar-refractivity contribution in [2.75, 3.05) is 11.9 Å². The van der Waals surface area contributed by atoms with Crippen LogP contribution in [0.1, 0.15) is 31.9 Å². The maximum Gasteiger partial charge on any atom is 0.0645 e. The molecule has 2 aromatic rings. The smallest absolute Gasteiger partial charge is 0.0645 e. The summed E-state index contributed by atoms with van der Waals surface area (Å²) >= 11 is 16.0. The average Bonchev–Trinajstić information content (AvgIpc) is 2.54. The lowest BCUT2D eigenvalue weighted by molar-refractivity contribution is 0.598. The number of hydrogen-bond donors (Lipinski definition) is 0. The molecule has 1 heterocycles. The van der Waals surface area contributed by atoms with Gasteiger partial charge < -0.3 is 4.90 Å². The Balaban J connectivity index is 2.01. The topological polar surface area (TPSA) is 15.6 Å². The SMILES string of the molecule is CC1=CC(C)(C)N(C)c2cc(Cl)c(C=Nc3ccc(Br)c(Cl)c3)cc21. The molecule has 5 heteroatoms. The van der Waals surface area contributed by atoms with Crippen LogP contribution in [0.3, 0.4) is 0 Å². The van der Waals surface area contributed by atoms with E-state index in [2.05, 4.69) is 65.8 Å². The molecule has 0 spiro atoms. The van der Waals surface area contributed by atoms with Crippen LogP contribution in [0.5, 0.6) is 0 Å². The second kappa shape index (κ2) is 6.79. The first kappa shape index (κ1) is 18.5. The lowest BCUT2D eigenvalue weighted by Crippen LogP contribution is -2.42. The van der Waals surface area contributed by atoms with Crippen molar-refractivity contribution in [2.24, 2.45) is 4.99 Å². The highest BCUT2D eigenvalue weighted by molar-refractivity contribution is 9.10. The number of nitrogens with zero attached hydrogens (tertiary/aromatic N) is 2. The number of fused-ring (bicyclic) bond motifs is 1. The van der Waals surface area contributed by atoms with Crippen molar-refractivity contribution >= 4 is 62.3 Å². The molecule has 0 amide bonds. The zero-order valence-electron chi connectivity index (χ0n) is 14.6. The summed E-state index contributed by atoms with van der Waals surface area (Å²) in [5.41, 5.74) is 5.20. The van der Waals surface area contributed by atoms with E-state index in [1.54, 1.807) is 6.21 Å². The van der Waals surface area contributed by atoms with Gasteiger partial charge in [-0.1, -0.05) is 29.3 Å². The zero-order chi connectivity index (χ0) is 18.4. The van der Waals surface area contributed by atoms with Gasteiger partial charge in [0.15, 0.2) is 0 Å². The Kier molecular flexibility index (Phi) is 5.02. The van der Waals surface area contributed by atoms with E-state index < -0.39 is 0 Å². The lowest BCUT2D eigenvalue weighted by atomic mass is 9.88. The monoisotopic (exact) mass is 436 g/mol. The summed E-state index contributed by atoms with van der Waals surface area (Å²) in [4.78, 5) is 6.76. The normalized spacial score (nSPS) is 16.1. The summed E-state index contributed by atoms with van der Waals surface area (Å²) in [6.07, 6.45) is 4.06. The molecule has 2 nitrogen and oxygen atoms in total. The molecule has 0 fully saturated rings. The fraction of sp³-hybridized carbons (Fsp3) is 0.250. The van der Waals surface area contributed by atoms with Crippen LogP contribution in [0.4, 0.5) is 11.4 Å². The van der Waals surface area contributed by atoms with Gasteiger partial charge in [0.05, 0.1) is 21.3 Å². The summed E-state index contributed by atoms with van der Waals surface area (Å²) in [5.74, 6) is 0. The van der Waals surface area contributed by atoms with E-state index in [9.17, 15) is 0 Å². The molecule has 0 aliphatic carbocycles. The van der Waals surface area contributed by atoms with Crippen molar-refractivity contribution in [1.29, 1.82) is 0 Å². The third-order valence-electron chi connectivity index (χ3n) is 4.59. The van der Waals surface area contributed by atoms with Gasteiger partial charge in [0.1, 0.15) is 0 Å². The molecule has 0 radical (unpaired) electrons. The summed E-state index contributed by atoms with van der Waals surface area (Å²) in [6.45, 7) is 6.52. The first-order valence-electron chi connectivity index (χ1n) is 7.95. The molecule has 1 aliphatic rings. The van der Waals surface area contributed by atoms with Gasteiger partial charge in [0, 0.05) is 34.5 Å². The van der Waals surface area contributed by atoms with Gasteiger partial charge in [-0.15, -0.1) is 0 Å². The number of likely N-dealkylation sites (N-methyl/N-ethyl adjacent to an activating group) is 1. The van der Waals surface area contributed by atoms with E-state index in [1.165, 1.54) is 11.1 Å². The minimum Gasteiger partial charge on any atom is -0.365 e. The van der Waals surface area contributed by atoms with Crippen molar-refractivity contribution in [3.63, 3.8) is 0 Å². The van der Waals surface area contributed by atoms with Gasteiger partial charge in [-0.3, -0.25) is 4.99 Å². The maximum absolute atomic E-state index is 6.52. The molecule has 2 aromatic carbocycles. The van der Waals surface area contributed by atoms with E-state index in [-0.39, 0.29) is 5.54 Å². The molecular weight excluding hydrogens is 419 g/mol. The minimum absolute atomic E-state index is 0.0375. The molecule has 0 bridgehead atoms.